The molecule has 5 nitrogen and oxygen atoms in total. The summed E-state index contributed by atoms with van der Waals surface area (Å²) in [4.78, 5) is 23.9. The molecule has 0 aliphatic carbocycles. The SMILES string of the molecule is O=C(O)[C@@H]1CCCN1C(=O)OCc1ccc(F)cc1. The average Bonchev–Trinajstić information content (AvgIpc) is 2.87. The number of halogens is 1. The van der Waals surface area contributed by atoms with E-state index in [0.29, 0.717) is 24.9 Å². The highest BCUT2D eigenvalue weighted by Gasteiger charge is 2.34. The first-order valence-corrected chi connectivity index (χ1v) is 5.98. The van der Waals surface area contributed by atoms with E-state index in [1.165, 1.54) is 29.2 Å². The van der Waals surface area contributed by atoms with Crippen LogP contribution in [0.15, 0.2) is 24.3 Å². The molecule has 0 spiro atoms. The molecule has 6 heteroatoms. The number of carbonyl (C=O) groups is 2. The normalized spacial score (nSPS) is 18.4. The van der Waals surface area contributed by atoms with E-state index in [0.717, 1.165) is 0 Å². The van der Waals surface area contributed by atoms with Gasteiger partial charge in [-0.15, -0.1) is 0 Å². The summed E-state index contributed by atoms with van der Waals surface area (Å²) in [6, 6.07) is 4.78. The molecule has 1 fully saturated rings. The minimum absolute atomic E-state index is 0.00194. The number of amides is 1. The maximum atomic E-state index is 12.7. The van der Waals surface area contributed by atoms with Crippen LogP contribution in [0.3, 0.4) is 0 Å². The minimum Gasteiger partial charge on any atom is -0.480 e. The number of rotatable bonds is 3. The second-order valence-electron chi connectivity index (χ2n) is 4.37. The summed E-state index contributed by atoms with van der Waals surface area (Å²) in [5.74, 6) is -1.38. The van der Waals surface area contributed by atoms with Crippen molar-refractivity contribution in [2.45, 2.75) is 25.5 Å². The lowest BCUT2D eigenvalue weighted by molar-refractivity contribution is -0.141. The molecule has 0 aromatic heterocycles. The van der Waals surface area contributed by atoms with Crippen molar-refractivity contribution in [1.82, 2.24) is 4.90 Å². The standard InChI is InChI=1S/C13H14FNO4/c14-10-5-3-9(4-6-10)8-19-13(18)15-7-1-2-11(15)12(16)17/h3-6,11H,1-2,7-8H2,(H,16,17)/t11-/m0/s1. The maximum absolute atomic E-state index is 12.7. The van der Waals surface area contributed by atoms with Gasteiger partial charge in [0, 0.05) is 6.54 Å². The Hall–Kier alpha value is -2.11. The van der Waals surface area contributed by atoms with E-state index in [-0.39, 0.29) is 12.4 Å². The molecule has 0 saturated carbocycles. The van der Waals surface area contributed by atoms with Gasteiger partial charge in [0.1, 0.15) is 18.5 Å². The molecule has 19 heavy (non-hydrogen) atoms. The molecule has 1 amide bonds. The second-order valence-corrected chi connectivity index (χ2v) is 4.37. The molecule has 1 aromatic carbocycles. The Balaban J connectivity index is 1.90. The summed E-state index contributed by atoms with van der Waals surface area (Å²) in [5, 5.41) is 8.96. The number of hydrogen-bond donors (Lipinski definition) is 1. The minimum atomic E-state index is -1.02. The first kappa shape index (κ1) is 13.3. The number of benzene rings is 1. The Morgan fingerprint density at radius 2 is 2.05 bits per heavy atom. The van der Waals surface area contributed by atoms with Crippen molar-refractivity contribution in [1.29, 1.82) is 0 Å². The highest BCUT2D eigenvalue weighted by molar-refractivity contribution is 5.80. The third kappa shape index (κ3) is 3.21. The number of likely N-dealkylation sites (tertiary alicyclic amines) is 1. The number of carboxylic acid groups (broad SMARTS) is 1. The molecule has 2 rings (SSSR count). The van der Waals surface area contributed by atoms with Crippen LogP contribution in [-0.2, 0) is 16.1 Å². The van der Waals surface area contributed by atoms with Gasteiger partial charge in [0.2, 0.25) is 0 Å². The van der Waals surface area contributed by atoms with E-state index in [1.54, 1.807) is 0 Å². The van der Waals surface area contributed by atoms with Gasteiger partial charge in [-0.1, -0.05) is 12.1 Å². The molecule has 1 heterocycles. The van der Waals surface area contributed by atoms with Crippen LogP contribution >= 0.6 is 0 Å². The van der Waals surface area contributed by atoms with E-state index < -0.39 is 18.1 Å². The van der Waals surface area contributed by atoms with Gasteiger partial charge in [0.05, 0.1) is 0 Å². The fourth-order valence-electron chi connectivity index (χ4n) is 2.05. The van der Waals surface area contributed by atoms with E-state index in [2.05, 4.69) is 0 Å². The van der Waals surface area contributed by atoms with Gasteiger partial charge in [-0.2, -0.15) is 0 Å². The zero-order valence-electron chi connectivity index (χ0n) is 10.2. The van der Waals surface area contributed by atoms with E-state index in [1.807, 2.05) is 0 Å². The average molecular weight is 267 g/mol. The molecular formula is C13H14FNO4. The molecule has 0 bridgehead atoms. The molecule has 1 saturated heterocycles. The predicted molar refractivity (Wildman–Crippen MR) is 63.9 cm³/mol. The zero-order valence-corrected chi connectivity index (χ0v) is 10.2. The van der Waals surface area contributed by atoms with Crippen molar-refractivity contribution in [2.24, 2.45) is 0 Å². The molecule has 1 N–H and O–H groups in total. The van der Waals surface area contributed by atoms with Crippen LogP contribution in [0.4, 0.5) is 9.18 Å². The third-order valence-corrected chi connectivity index (χ3v) is 3.05. The Bertz CT molecular complexity index is 474. The van der Waals surface area contributed by atoms with E-state index in [9.17, 15) is 14.0 Å². The van der Waals surface area contributed by atoms with Crippen LogP contribution in [0, 0.1) is 5.82 Å². The highest BCUT2D eigenvalue weighted by atomic mass is 19.1. The number of carbonyl (C=O) groups excluding carboxylic acids is 1. The Morgan fingerprint density at radius 3 is 2.68 bits per heavy atom. The van der Waals surface area contributed by atoms with Gasteiger partial charge in [0.15, 0.2) is 0 Å². The number of carboxylic acids is 1. The summed E-state index contributed by atoms with van der Waals surface area (Å²) >= 11 is 0. The van der Waals surface area contributed by atoms with Gasteiger partial charge in [-0.05, 0) is 30.5 Å². The van der Waals surface area contributed by atoms with Crippen molar-refractivity contribution in [3.05, 3.63) is 35.6 Å². The highest BCUT2D eigenvalue weighted by Crippen LogP contribution is 2.19. The molecule has 1 atom stereocenters. The van der Waals surface area contributed by atoms with E-state index in [4.69, 9.17) is 9.84 Å². The first-order chi connectivity index (χ1) is 9.08. The summed E-state index contributed by atoms with van der Waals surface area (Å²) in [5.41, 5.74) is 0.654. The number of aliphatic carboxylic acids is 1. The topological polar surface area (TPSA) is 66.8 Å². The van der Waals surface area contributed by atoms with Gasteiger partial charge in [-0.3, -0.25) is 4.90 Å². The predicted octanol–water partition coefficient (Wildman–Crippen LogP) is 2.01. The van der Waals surface area contributed by atoms with Crippen molar-refractivity contribution in [3.63, 3.8) is 0 Å². The van der Waals surface area contributed by atoms with Gasteiger partial charge >= 0.3 is 12.1 Å². The summed E-state index contributed by atoms with van der Waals surface area (Å²) < 4.78 is 17.7. The molecular weight excluding hydrogens is 253 g/mol. The van der Waals surface area contributed by atoms with Crippen molar-refractivity contribution in [3.8, 4) is 0 Å². The van der Waals surface area contributed by atoms with Crippen molar-refractivity contribution >= 4 is 12.1 Å². The van der Waals surface area contributed by atoms with Gasteiger partial charge in [0.25, 0.3) is 0 Å². The van der Waals surface area contributed by atoms with Crippen LogP contribution in [0.1, 0.15) is 18.4 Å². The van der Waals surface area contributed by atoms with Crippen molar-refractivity contribution < 1.29 is 23.8 Å². The maximum Gasteiger partial charge on any atom is 0.410 e. The molecule has 1 aliphatic rings. The molecule has 0 radical (unpaired) electrons. The summed E-state index contributed by atoms with van der Waals surface area (Å²) in [6.45, 7) is 0.390. The molecule has 0 unspecified atom stereocenters. The lowest BCUT2D eigenvalue weighted by atomic mass is 10.2. The molecule has 1 aromatic rings. The molecule has 1 aliphatic heterocycles. The van der Waals surface area contributed by atoms with Crippen LogP contribution in [0.5, 0.6) is 0 Å². The quantitative estimate of drug-likeness (QED) is 0.909. The number of hydrogen-bond acceptors (Lipinski definition) is 3. The summed E-state index contributed by atoms with van der Waals surface area (Å²) in [6.07, 6.45) is 0.457. The molecule has 102 valence electrons. The smallest absolute Gasteiger partial charge is 0.410 e. The van der Waals surface area contributed by atoms with Crippen LogP contribution in [-0.4, -0.2) is 34.7 Å². The summed E-state index contributed by atoms with van der Waals surface area (Å²) in [7, 11) is 0. The van der Waals surface area contributed by atoms with Gasteiger partial charge < -0.3 is 9.84 Å². The Kier molecular flexibility index (Phi) is 3.99. The Morgan fingerprint density at radius 1 is 1.37 bits per heavy atom. The van der Waals surface area contributed by atoms with E-state index >= 15 is 0 Å². The largest absolute Gasteiger partial charge is 0.480 e. The number of ether oxygens (including phenoxy) is 1. The van der Waals surface area contributed by atoms with Crippen molar-refractivity contribution in [2.75, 3.05) is 6.54 Å². The Labute approximate surface area is 109 Å². The van der Waals surface area contributed by atoms with Crippen LogP contribution in [0.2, 0.25) is 0 Å². The second kappa shape index (κ2) is 5.69. The fraction of sp³-hybridized carbons (Fsp3) is 0.385. The van der Waals surface area contributed by atoms with Gasteiger partial charge in [-0.25, -0.2) is 14.0 Å². The monoisotopic (exact) mass is 267 g/mol. The first-order valence-electron chi connectivity index (χ1n) is 5.98. The lowest BCUT2D eigenvalue weighted by Crippen LogP contribution is -2.40. The van der Waals surface area contributed by atoms with Crippen LogP contribution < -0.4 is 0 Å². The lowest BCUT2D eigenvalue weighted by Gasteiger charge is -2.20. The third-order valence-electron chi connectivity index (χ3n) is 3.05. The fourth-order valence-corrected chi connectivity index (χ4v) is 2.05. The number of nitrogens with zero attached hydrogens (tertiary/aromatic N) is 1. The van der Waals surface area contributed by atoms with Crippen LogP contribution in [0.25, 0.3) is 0 Å². The zero-order chi connectivity index (χ0) is 13.8.